The summed E-state index contributed by atoms with van der Waals surface area (Å²) in [7, 11) is 0. The summed E-state index contributed by atoms with van der Waals surface area (Å²) in [6.07, 6.45) is 7.90. The molecular formula is C20H23N. The Labute approximate surface area is 127 Å². The van der Waals surface area contributed by atoms with Crippen LogP contribution in [-0.2, 0) is 12.8 Å². The second kappa shape index (κ2) is 6.26. The SMILES string of the molecule is CCCCc1cccc2c1ccc1cnc(CCC)cc12. The van der Waals surface area contributed by atoms with Crippen molar-refractivity contribution in [3.63, 3.8) is 0 Å². The fourth-order valence-corrected chi connectivity index (χ4v) is 3.07. The van der Waals surface area contributed by atoms with E-state index >= 15 is 0 Å². The van der Waals surface area contributed by atoms with Gasteiger partial charge in [0.25, 0.3) is 0 Å². The molecule has 2 aromatic carbocycles. The molecule has 3 aromatic rings. The van der Waals surface area contributed by atoms with E-state index in [1.807, 2.05) is 6.20 Å². The first kappa shape index (κ1) is 14.1. The van der Waals surface area contributed by atoms with Crippen LogP contribution in [0.2, 0.25) is 0 Å². The van der Waals surface area contributed by atoms with Crippen LogP contribution >= 0.6 is 0 Å². The third-order valence-corrected chi connectivity index (χ3v) is 4.21. The fraction of sp³-hybridized carbons (Fsp3) is 0.350. The lowest BCUT2D eigenvalue weighted by atomic mass is 9.96. The Hall–Kier alpha value is -1.89. The molecule has 0 amide bonds. The molecule has 0 saturated heterocycles. The highest BCUT2D eigenvalue weighted by Gasteiger charge is 2.06. The second-order valence-electron chi connectivity index (χ2n) is 5.83. The molecule has 21 heavy (non-hydrogen) atoms. The smallest absolute Gasteiger partial charge is 0.0410 e. The molecular weight excluding hydrogens is 254 g/mol. The van der Waals surface area contributed by atoms with Crippen LogP contribution < -0.4 is 0 Å². The zero-order valence-electron chi connectivity index (χ0n) is 13.0. The van der Waals surface area contributed by atoms with Crippen LogP contribution in [0.1, 0.15) is 44.4 Å². The molecule has 0 fully saturated rings. The van der Waals surface area contributed by atoms with Gasteiger partial charge in [0, 0.05) is 17.3 Å². The molecule has 0 saturated carbocycles. The molecule has 0 spiro atoms. The van der Waals surface area contributed by atoms with E-state index in [0.717, 1.165) is 12.8 Å². The number of unbranched alkanes of at least 4 members (excludes halogenated alkanes) is 1. The predicted molar refractivity (Wildman–Crippen MR) is 91.9 cm³/mol. The second-order valence-corrected chi connectivity index (χ2v) is 5.83. The third kappa shape index (κ3) is 2.78. The quantitative estimate of drug-likeness (QED) is 0.546. The van der Waals surface area contributed by atoms with Gasteiger partial charge in [-0.15, -0.1) is 0 Å². The van der Waals surface area contributed by atoms with Crippen LogP contribution in [-0.4, -0.2) is 4.98 Å². The van der Waals surface area contributed by atoms with E-state index in [1.165, 1.54) is 52.1 Å². The maximum absolute atomic E-state index is 4.58. The van der Waals surface area contributed by atoms with E-state index in [2.05, 4.69) is 55.2 Å². The van der Waals surface area contributed by atoms with Crippen LogP contribution in [0.5, 0.6) is 0 Å². The fourth-order valence-electron chi connectivity index (χ4n) is 3.07. The Morgan fingerprint density at radius 1 is 0.857 bits per heavy atom. The van der Waals surface area contributed by atoms with Crippen molar-refractivity contribution in [2.24, 2.45) is 0 Å². The predicted octanol–water partition coefficient (Wildman–Crippen LogP) is 5.68. The molecule has 0 atom stereocenters. The number of benzene rings is 2. The lowest BCUT2D eigenvalue weighted by molar-refractivity contribution is 0.799. The van der Waals surface area contributed by atoms with E-state index in [4.69, 9.17) is 0 Å². The number of hydrogen-bond acceptors (Lipinski definition) is 1. The van der Waals surface area contributed by atoms with Crippen LogP contribution in [0.4, 0.5) is 0 Å². The van der Waals surface area contributed by atoms with Gasteiger partial charge >= 0.3 is 0 Å². The lowest BCUT2D eigenvalue weighted by Crippen LogP contribution is -1.91. The number of rotatable bonds is 5. The van der Waals surface area contributed by atoms with Crippen molar-refractivity contribution in [2.45, 2.75) is 46.0 Å². The summed E-state index contributed by atoms with van der Waals surface area (Å²) < 4.78 is 0. The molecule has 1 nitrogen and oxygen atoms in total. The Morgan fingerprint density at radius 3 is 2.57 bits per heavy atom. The first-order chi connectivity index (χ1) is 10.3. The Morgan fingerprint density at radius 2 is 1.76 bits per heavy atom. The van der Waals surface area contributed by atoms with Gasteiger partial charge in [0.05, 0.1) is 0 Å². The van der Waals surface area contributed by atoms with Crippen molar-refractivity contribution in [1.29, 1.82) is 0 Å². The number of hydrogen-bond donors (Lipinski definition) is 0. The molecule has 108 valence electrons. The summed E-state index contributed by atoms with van der Waals surface area (Å²) in [5, 5.41) is 5.38. The van der Waals surface area contributed by atoms with E-state index in [-0.39, 0.29) is 0 Å². The van der Waals surface area contributed by atoms with Gasteiger partial charge in [0.1, 0.15) is 0 Å². The summed E-state index contributed by atoms with van der Waals surface area (Å²) in [4.78, 5) is 4.58. The van der Waals surface area contributed by atoms with Crippen molar-refractivity contribution in [1.82, 2.24) is 4.98 Å². The topological polar surface area (TPSA) is 12.9 Å². The number of nitrogens with zero attached hydrogens (tertiary/aromatic N) is 1. The largest absolute Gasteiger partial charge is 0.261 e. The third-order valence-electron chi connectivity index (χ3n) is 4.21. The van der Waals surface area contributed by atoms with Crippen molar-refractivity contribution < 1.29 is 0 Å². The molecule has 0 aliphatic heterocycles. The highest BCUT2D eigenvalue weighted by molar-refractivity contribution is 6.08. The van der Waals surface area contributed by atoms with Crippen LogP contribution in [0.3, 0.4) is 0 Å². The van der Waals surface area contributed by atoms with Gasteiger partial charge < -0.3 is 0 Å². The molecule has 3 rings (SSSR count). The zero-order chi connectivity index (χ0) is 14.7. The zero-order valence-corrected chi connectivity index (χ0v) is 13.0. The van der Waals surface area contributed by atoms with E-state index in [1.54, 1.807) is 0 Å². The van der Waals surface area contributed by atoms with Gasteiger partial charge in [-0.2, -0.15) is 0 Å². The minimum atomic E-state index is 1.06. The van der Waals surface area contributed by atoms with Gasteiger partial charge in [0.15, 0.2) is 0 Å². The standard InChI is InChI=1S/C20H23N/c1-3-5-8-15-9-6-10-19-18(15)12-11-16-14-21-17(7-4-2)13-20(16)19/h6,9-14H,3-5,7-8H2,1-2H3. The molecule has 0 unspecified atom stereocenters. The molecule has 0 radical (unpaired) electrons. The minimum Gasteiger partial charge on any atom is -0.261 e. The van der Waals surface area contributed by atoms with Crippen molar-refractivity contribution in [3.05, 3.63) is 53.9 Å². The number of aromatic nitrogens is 1. The molecule has 1 heterocycles. The van der Waals surface area contributed by atoms with Gasteiger partial charge in [-0.05, 0) is 47.1 Å². The molecule has 0 N–H and O–H groups in total. The summed E-state index contributed by atoms with van der Waals surface area (Å²) in [5.41, 5.74) is 2.68. The molecule has 1 heteroatoms. The highest BCUT2D eigenvalue weighted by atomic mass is 14.7. The minimum absolute atomic E-state index is 1.06. The van der Waals surface area contributed by atoms with Crippen LogP contribution in [0, 0.1) is 0 Å². The normalized spacial score (nSPS) is 11.3. The lowest BCUT2D eigenvalue weighted by Gasteiger charge is -2.10. The van der Waals surface area contributed by atoms with Crippen molar-refractivity contribution in [2.75, 3.05) is 0 Å². The van der Waals surface area contributed by atoms with E-state index in [9.17, 15) is 0 Å². The van der Waals surface area contributed by atoms with Crippen LogP contribution in [0.15, 0.2) is 42.6 Å². The van der Waals surface area contributed by atoms with E-state index < -0.39 is 0 Å². The summed E-state index contributed by atoms with van der Waals surface area (Å²) in [5.74, 6) is 0. The molecule has 0 bridgehead atoms. The first-order valence-corrected chi connectivity index (χ1v) is 8.12. The van der Waals surface area contributed by atoms with Crippen molar-refractivity contribution in [3.8, 4) is 0 Å². The number of aryl methyl sites for hydroxylation is 2. The highest BCUT2D eigenvalue weighted by Crippen LogP contribution is 2.28. The van der Waals surface area contributed by atoms with Gasteiger partial charge in [0.2, 0.25) is 0 Å². The molecule has 1 aromatic heterocycles. The number of pyridine rings is 1. The summed E-state index contributed by atoms with van der Waals surface area (Å²) in [6, 6.07) is 13.5. The molecule has 0 aliphatic rings. The monoisotopic (exact) mass is 277 g/mol. The maximum Gasteiger partial charge on any atom is 0.0410 e. The average molecular weight is 277 g/mol. The van der Waals surface area contributed by atoms with Gasteiger partial charge in [-0.1, -0.05) is 57.0 Å². The van der Waals surface area contributed by atoms with Gasteiger partial charge in [-0.3, -0.25) is 4.98 Å². The van der Waals surface area contributed by atoms with Gasteiger partial charge in [-0.25, -0.2) is 0 Å². The first-order valence-electron chi connectivity index (χ1n) is 8.12. The Balaban J connectivity index is 2.19. The Bertz CT molecular complexity index is 758. The van der Waals surface area contributed by atoms with Crippen molar-refractivity contribution >= 4 is 21.5 Å². The van der Waals surface area contributed by atoms with Crippen LogP contribution in [0.25, 0.3) is 21.5 Å². The summed E-state index contributed by atoms with van der Waals surface area (Å²) in [6.45, 7) is 4.46. The van der Waals surface area contributed by atoms with E-state index in [0.29, 0.717) is 0 Å². The average Bonchev–Trinajstić information content (AvgIpc) is 2.53. The maximum atomic E-state index is 4.58. The summed E-state index contributed by atoms with van der Waals surface area (Å²) >= 11 is 0. The molecule has 0 aliphatic carbocycles. The Kier molecular flexibility index (Phi) is 4.19. The number of fused-ring (bicyclic) bond motifs is 3.